The van der Waals surface area contributed by atoms with Gasteiger partial charge in [0.25, 0.3) is 11.2 Å². The molecule has 0 unspecified atom stereocenters. The van der Waals surface area contributed by atoms with Crippen LogP contribution in [0.25, 0.3) is 11.3 Å². The van der Waals surface area contributed by atoms with Gasteiger partial charge in [-0.3, -0.25) is 20.0 Å². The summed E-state index contributed by atoms with van der Waals surface area (Å²) in [5.74, 6) is 0.627. The average Bonchev–Trinajstić information content (AvgIpc) is 3.07. The monoisotopic (exact) mass is 391 g/mol. The van der Waals surface area contributed by atoms with Crippen molar-refractivity contribution in [3.8, 4) is 11.3 Å². The van der Waals surface area contributed by atoms with Crippen molar-refractivity contribution in [2.75, 3.05) is 0 Å². The van der Waals surface area contributed by atoms with Crippen LogP contribution in [0.15, 0.2) is 44.6 Å². The summed E-state index contributed by atoms with van der Waals surface area (Å²) in [7, 11) is 0. The number of furan rings is 1. The molecule has 0 aliphatic carbocycles. The molecule has 0 radical (unpaired) electrons. The maximum atomic E-state index is 12.0. The SMILES string of the molecule is Cc1n[nH]c(=S)n(N=Cc2ccc(-c3cc([N+](=O)[O-])ccc3Cl)o2)c1=O. The molecule has 26 heavy (non-hydrogen) atoms. The van der Waals surface area contributed by atoms with E-state index in [2.05, 4.69) is 15.3 Å². The third-order valence-electron chi connectivity index (χ3n) is 3.37. The van der Waals surface area contributed by atoms with Crippen LogP contribution in [0.2, 0.25) is 5.02 Å². The number of nitro groups is 1. The highest BCUT2D eigenvalue weighted by Crippen LogP contribution is 2.32. The van der Waals surface area contributed by atoms with E-state index in [0.717, 1.165) is 4.68 Å². The Morgan fingerprint density at radius 2 is 2.19 bits per heavy atom. The van der Waals surface area contributed by atoms with Crippen LogP contribution in [-0.2, 0) is 0 Å². The molecule has 1 N–H and O–H groups in total. The van der Waals surface area contributed by atoms with Gasteiger partial charge >= 0.3 is 0 Å². The number of nitrogens with zero attached hydrogens (tertiary/aromatic N) is 4. The summed E-state index contributed by atoms with van der Waals surface area (Å²) in [5, 5.41) is 21.4. The van der Waals surface area contributed by atoms with Crippen LogP contribution in [0, 0.1) is 21.8 Å². The van der Waals surface area contributed by atoms with Crippen molar-refractivity contribution in [2.45, 2.75) is 6.92 Å². The Morgan fingerprint density at radius 3 is 2.92 bits per heavy atom. The number of hydrogen-bond donors (Lipinski definition) is 1. The summed E-state index contributed by atoms with van der Waals surface area (Å²) in [5.41, 5.74) is 0.00798. The van der Waals surface area contributed by atoms with Crippen LogP contribution >= 0.6 is 23.8 Å². The summed E-state index contributed by atoms with van der Waals surface area (Å²) < 4.78 is 6.59. The Bertz CT molecular complexity index is 1150. The molecule has 0 saturated carbocycles. The highest BCUT2D eigenvalue weighted by Gasteiger charge is 2.14. The van der Waals surface area contributed by atoms with Gasteiger partial charge in [0, 0.05) is 17.7 Å². The lowest BCUT2D eigenvalue weighted by Crippen LogP contribution is -2.22. The van der Waals surface area contributed by atoms with Gasteiger partial charge in [-0.2, -0.15) is 14.9 Å². The van der Waals surface area contributed by atoms with Crippen molar-refractivity contribution in [1.29, 1.82) is 0 Å². The minimum atomic E-state index is -0.523. The first-order chi connectivity index (χ1) is 12.4. The topological polar surface area (TPSA) is 119 Å². The number of rotatable bonds is 4. The van der Waals surface area contributed by atoms with Crippen LogP contribution in [0.4, 0.5) is 5.69 Å². The van der Waals surface area contributed by atoms with Crippen molar-refractivity contribution in [2.24, 2.45) is 5.10 Å². The first-order valence-corrected chi connectivity index (χ1v) is 7.92. The van der Waals surface area contributed by atoms with E-state index < -0.39 is 10.5 Å². The molecule has 0 bridgehead atoms. The molecule has 0 amide bonds. The molecule has 0 fully saturated rings. The predicted molar refractivity (Wildman–Crippen MR) is 97.2 cm³/mol. The fraction of sp³-hybridized carbons (Fsp3) is 0.0667. The molecule has 0 saturated heterocycles. The predicted octanol–water partition coefficient (Wildman–Crippen LogP) is 3.31. The smallest absolute Gasteiger partial charge is 0.296 e. The summed E-state index contributed by atoms with van der Waals surface area (Å²) in [6.45, 7) is 1.52. The Balaban J connectivity index is 1.96. The number of aromatic amines is 1. The zero-order valence-electron chi connectivity index (χ0n) is 13.2. The van der Waals surface area contributed by atoms with Gasteiger partial charge in [-0.25, -0.2) is 0 Å². The van der Waals surface area contributed by atoms with E-state index in [9.17, 15) is 14.9 Å². The average molecular weight is 392 g/mol. The Labute approximate surface area is 155 Å². The van der Waals surface area contributed by atoms with Gasteiger partial charge in [0.15, 0.2) is 0 Å². The third kappa shape index (κ3) is 3.46. The maximum Gasteiger partial charge on any atom is 0.296 e. The molecule has 3 aromatic rings. The number of aromatic nitrogens is 3. The van der Waals surface area contributed by atoms with E-state index in [1.807, 2.05) is 0 Å². The molecular weight excluding hydrogens is 382 g/mol. The largest absolute Gasteiger partial charge is 0.455 e. The van der Waals surface area contributed by atoms with E-state index in [1.165, 1.54) is 31.3 Å². The molecule has 2 heterocycles. The van der Waals surface area contributed by atoms with Crippen molar-refractivity contribution in [1.82, 2.24) is 14.9 Å². The lowest BCUT2D eigenvalue weighted by molar-refractivity contribution is -0.384. The summed E-state index contributed by atoms with van der Waals surface area (Å²) in [6.07, 6.45) is 1.29. The third-order valence-corrected chi connectivity index (χ3v) is 3.96. The van der Waals surface area contributed by atoms with Crippen LogP contribution in [0.1, 0.15) is 11.5 Å². The molecular formula is C15H10ClN5O4S. The van der Waals surface area contributed by atoms with Gasteiger partial charge < -0.3 is 4.42 Å². The number of nitro benzene ring substituents is 1. The van der Waals surface area contributed by atoms with E-state index >= 15 is 0 Å². The zero-order chi connectivity index (χ0) is 18.8. The van der Waals surface area contributed by atoms with Gasteiger partial charge in [-0.15, -0.1) is 0 Å². The molecule has 0 aliphatic heterocycles. The second-order valence-electron chi connectivity index (χ2n) is 5.10. The zero-order valence-corrected chi connectivity index (χ0v) is 14.7. The lowest BCUT2D eigenvalue weighted by Gasteiger charge is -2.00. The molecule has 2 aromatic heterocycles. The van der Waals surface area contributed by atoms with Gasteiger partial charge in [0.1, 0.15) is 17.2 Å². The van der Waals surface area contributed by atoms with Crippen molar-refractivity contribution in [3.05, 3.63) is 72.0 Å². The number of aryl methyl sites for hydroxylation is 1. The molecule has 0 spiro atoms. The minimum absolute atomic E-state index is 0.0327. The molecule has 11 heteroatoms. The van der Waals surface area contributed by atoms with Crippen molar-refractivity contribution < 1.29 is 9.34 Å². The first-order valence-electron chi connectivity index (χ1n) is 7.13. The number of benzene rings is 1. The summed E-state index contributed by atoms with van der Waals surface area (Å²) in [6, 6.07) is 7.21. The lowest BCUT2D eigenvalue weighted by atomic mass is 10.1. The van der Waals surface area contributed by atoms with Crippen LogP contribution in [-0.4, -0.2) is 26.0 Å². The summed E-state index contributed by atoms with van der Waals surface area (Å²) >= 11 is 11.1. The van der Waals surface area contributed by atoms with E-state index in [4.69, 9.17) is 28.2 Å². The molecule has 132 valence electrons. The highest BCUT2D eigenvalue weighted by molar-refractivity contribution is 7.71. The maximum absolute atomic E-state index is 12.0. The summed E-state index contributed by atoms with van der Waals surface area (Å²) in [4.78, 5) is 22.4. The second-order valence-corrected chi connectivity index (χ2v) is 5.89. The number of H-pyrrole nitrogens is 1. The number of hydrogen-bond acceptors (Lipinski definition) is 7. The Kier molecular flexibility index (Phi) is 4.78. The fourth-order valence-corrected chi connectivity index (χ4v) is 2.46. The number of halogens is 1. The van der Waals surface area contributed by atoms with Gasteiger partial charge in [0.05, 0.1) is 16.2 Å². The number of non-ortho nitro benzene ring substituents is 1. The fourth-order valence-electron chi connectivity index (χ4n) is 2.07. The molecule has 0 atom stereocenters. The molecule has 0 aliphatic rings. The van der Waals surface area contributed by atoms with Crippen LogP contribution < -0.4 is 5.56 Å². The molecule has 3 rings (SSSR count). The van der Waals surface area contributed by atoms with E-state index in [1.54, 1.807) is 12.1 Å². The second kappa shape index (κ2) is 7.02. The van der Waals surface area contributed by atoms with Crippen molar-refractivity contribution in [3.63, 3.8) is 0 Å². The normalized spacial score (nSPS) is 11.2. The Hall–Kier alpha value is -3.11. The van der Waals surface area contributed by atoms with Crippen LogP contribution in [0.3, 0.4) is 0 Å². The van der Waals surface area contributed by atoms with Gasteiger partial charge in [0.2, 0.25) is 4.77 Å². The van der Waals surface area contributed by atoms with Gasteiger partial charge in [-0.05, 0) is 37.3 Å². The van der Waals surface area contributed by atoms with Crippen molar-refractivity contribution >= 4 is 35.7 Å². The van der Waals surface area contributed by atoms with E-state index in [-0.39, 0.29) is 16.2 Å². The number of nitrogens with one attached hydrogen (secondary N) is 1. The van der Waals surface area contributed by atoms with E-state index in [0.29, 0.717) is 22.1 Å². The van der Waals surface area contributed by atoms with Crippen LogP contribution in [0.5, 0.6) is 0 Å². The molecule has 1 aromatic carbocycles. The standard InChI is InChI=1S/C15H10ClN5O4S/c1-8-14(22)20(15(26)19-18-8)17-7-10-3-5-13(25-10)11-6-9(21(23)24)2-4-12(11)16/h2-7H,1H3,(H,19,26). The highest BCUT2D eigenvalue weighted by atomic mass is 35.5. The quantitative estimate of drug-likeness (QED) is 0.315. The first kappa shape index (κ1) is 17.7. The Morgan fingerprint density at radius 1 is 1.42 bits per heavy atom. The molecule has 9 nitrogen and oxygen atoms in total. The van der Waals surface area contributed by atoms with Gasteiger partial charge in [-0.1, -0.05) is 11.6 Å². The minimum Gasteiger partial charge on any atom is -0.455 e.